The molecule has 0 saturated heterocycles. The molecule has 5 heteroatoms. The summed E-state index contributed by atoms with van der Waals surface area (Å²) < 4.78 is 5.77. The van der Waals surface area contributed by atoms with E-state index in [-0.39, 0.29) is 25.0 Å². The summed E-state index contributed by atoms with van der Waals surface area (Å²) in [6, 6.07) is 16.8. The summed E-state index contributed by atoms with van der Waals surface area (Å²) in [6.45, 7) is 0.205. The number of carboxylic acids is 1. The molecule has 2 aromatic rings. The molecule has 0 saturated carbocycles. The molecule has 1 amide bonds. The number of carbonyl (C=O) groups excluding carboxylic acids is 1. The number of amides is 1. The zero-order valence-electron chi connectivity index (χ0n) is 13.2. The van der Waals surface area contributed by atoms with Gasteiger partial charge in [0, 0.05) is 5.69 Å². The van der Waals surface area contributed by atoms with Crippen LogP contribution in [0.2, 0.25) is 0 Å². The van der Waals surface area contributed by atoms with Gasteiger partial charge in [-0.1, -0.05) is 42.5 Å². The Balaban J connectivity index is 1.81. The summed E-state index contributed by atoms with van der Waals surface area (Å²) in [5.41, 5.74) is 2.78. The quantitative estimate of drug-likeness (QED) is 0.918. The summed E-state index contributed by atoms with van der Waals surface area (Å²) in [7, 11) is 0. The summed E-state index contributed by atoms with van der Waals surface area (Å²) in [6.07, 6.45) is 0.625. The van der Waals surface area contributed by atoms with E-state index in [1.54, 1.807) is 24.3 Å². The van der Waals surface area contributed by atoms with Crippen LogP contribution in [0.1, 0.15) is 23.7 Å². The SMILES string of the molecule is O=C(O)CN(C(=O)CC1OCCc2ccccc21)c1ccccc1. The Hall–Kier alpha value is -2.66. The predicted octanol–water partition coefficient (Wildman–Crippen LogP) is 2.81. The van der Waals surface area contributed by atoms with E-state index in [1.807, 2.05) is 30.3 Å². The third kappa shape index (κ3) is 3.63. The zero-order chi connectivity index (χ0) is 16.9. The Kier molecular flexibility index (Phi) is 4.91. The van der Waals surface area contributed by atoms with Gasteiger partial charge in [0.1, 0.15) is 6.54 Å². The van der Waals surface area contributed by atoms with Gasteiger partial charge >= 0.3 is 5.97 Å². The maximum Gasteiger partial charge on any atom is 0.323 e. The summed E-state index contributed by atoms with van der Waals surface area (Å²) in [5.74, 6) is -1.30. The number of benzene rings is 2. The monoisotopic (exact) mass is 325 g/mol. The fourth-order valence-electron chi connectivity index (χ4n) is 2.98. The number of aliphatic carboxylic acids is 1. The van der Waals surface area contributed by atoms with Gasteiger partial charge in [0.2, 0.25) is 5.91 Å². The van der Waals surface area contributed by atoms with E-state index < -0.39 is 5.97 Å². The Morgan fingerprint density at radius 3 is 2.54 bits per heavy atom. The van der Waals surface area contributed by atoms with Crippen LogP contribution in [0.5, 0.6) is 0 Å². The third-order valence-corrected chi connectivity index (χ3v) is 4.11. The van der Waals surface area contributed by atoms with Crippen molar-refractivity contribution in [1.29, 1.82) is 0 Å². The standard InChI is InChI=1S/C19H19NO4/c21-18(20(13-19(22)23)15-7-2-1-3-8-15)12-17-16-9-5-4-6-14(16)10-11-24-17/h1-9,17H,10-13H2,(H,22,23). The Morgan fingerprint density at radius 2 is 1.79 bits per heavy atom. The number of rotatable bonds is 5. The molecule has 3 rings (SSSR count). The molecule has 1 atom stereocenters. The minimum atomic E-state index is -1.04. The molecule has 1 unspecified atom stereocenters. The average Bonchev–Trinajstić information content (AvgIpc) is 2.60. The highest BCUT2D eigenvalue weighted by atomic mass is 16.5. The van der Waals surface area contributed by atoms with Crippen molar-refractivity contribution in [3.63, 3.8) is 0 Å². The van der Waals surface area contributed by atoms with Gasteiger partial charge in [0.25, 0.3) is 0 Å². The first-order valence-electron chi connectivity index (χ1n) is 7.92. The number of hydrogen-bond acceptors (Lipinski definition) is 3. The smallest absolute Gasteiger partial charge is 0.323 e. The highest BCUT2D eigenvalue weighted by Gasteiger charge is 2.27. The second-order valence-corrected chi connectivity index (χ2v) is 5.72. The molecule has 1 N–H and O–H groups in total. The normalized spacial score (nSPS) is 16.2. The van der Waals surface area contributed by atoms with Gasteiger partial charge < -0.3 is 14.7 Å². The number of carbonyl (C=O) groups is 2. The lowest BCUT2D eigenvalue weighted by atomic mass is 9.95. The van der Waals surface area contributed by atoms with Crippen molar-refractivity contribution in [2.45, 2.75) is 18.9 Å². The molecule has 0 bridgehead atoms. The van der Waals surface area contributed by atoms with Crippen molar-refractivity contribution < 1.29 is 19.4 Å². The summed E-state index contributed by atoms with van der Waals surface area (Å²) in [4.78, 5) is 25.2. The van der Waals surface area contributed by atoms with Crippen LogP contribution in [0, 0.1) is 0 Å². The van der Waals surface area contributed by atoms with Gasteiger partial charge in [-0.05, 0) is 29.7 Å². The average molecular weight is 325 g/mol. The molecule has 5 nitrogen and oxygen atoms in total. The van der Waals surface area contributed by atoms with Crippen LogP contribution in [-0.2, 0) is 20.7 Å². The van der Waals surface area contributed by atoms with E-state index in [4.69, 9.17) is 9.84 Å². The van der Waals surface area contributed by atoms with Gasteiger partial charge in [-0.2, -0.15) is 0 Å². The molecule has 24 heavy (non-hydrogen) atoms. The van der Waals surface area contributed by atoms with Crippen molar-refractivity contribution in [3.05, 3.63) is 65.7 Å². The van der Waals surface area contributed by atoms with Gasteiger partial charge in [-0.3, -0.25) is 9.59 Å². The first-order valence-corrected chi connectivity index (χ1v) is 7.92. The third-order valence-electron chi connectivity index (χ3n) is 4.11. The second-order valence-electron chi connectivity index (χ2n) is 5.72. The number of carboxylic acid groups (broad SMARTS) is 1. The fourth-order valence-corrected chi connectivity index (χ4v) is 2.98. The zero-order valence-corrected chi connectivity index (χ0v) is 13.2. The van der Waals surface area contributed by atoms with E-state index in [2.05, 4.69) is 0 Å². The highest BCUT2D eigenvalue weighted by Crippen LogP contribution is 2.30. The highest BCUT2D eigenvalue weighted by molar-refractivity contribution is 5.97. The lowest BCUT2D eigenvalue weighted by Gasteiger charge is -2.28. The van der Waals surface area contributed by atoms with Crippen LogP contribution in [0.3, 0.4) is 0 Å². The van der Waals surface area contributed by atoms with Crippen LogP contribution in [0.25, 0.3) is 0 Å². The topological polar surface area (TPSA) is 66.8 Å². The summed E-state index contributed by atoms with van der Waals surface area (Å²) in [5, 5.41) is 9.13. The molecule has 0 radical (unpaired) electrons. The largest absolute Gasteiger partial charge is 0.480 e. The predicted molar refractivity (Wildman–Crippen MR) is 89.9 cm³/mol. The minimum absolute atomic E-state index is 0.124. The Morgan fingerprint density at radius 1 is 1.08 bits per heavy atom. The minimum Gasteiger partial charge on any atom is -0.480 e. The molecule has 1 aliphatic heterocycles. The first kappa shape index (κ1) is 16.2. The first-order chi connectivity index (χ1) is 11.6. The van der Waals surface area contributed by atoms with Crippen LogP contribution < -0.4 is 4.90 Å². The molecule has 0 aliphatic carbocycles. The number of ether oxygens (including phenoxy) is 1. The molecule has 1 heterocycles. The molecule has 0 spiro atoms. The maximum atomic E-state index is 12.7. The second kappa shape index (κ2) is 7.27. The van der Waals surface area contributed by atoms with E-state index in [1.165, 1.54) is 10.5 Å². The maximum absolute atomic E-state index is 12.7. The van der Waals surface area contributed by atoms with Crippen molar-refractivity contribution in [2.75, 3.05) is 18.1 Å². The van der Waals surface area contributed by atoms with Crippen LogP contribution in [-0.4, -0.2) is 30.1 Å². The molecule has 0 aromatic heterocycles. The molecular weight excluding hydrogens is 306 g/mol. The van der Waals surface area contributed by atoms with E-state index >= 15 is 0 Å². The lowest BCUT2D eigenvalue weighted by molar-refractivity contribution is -0.137. The van der Waals surface area contributed by atoms with Crippen molar-refractivity contribution in [1.82, 2.24) is 0 Å². The molecule has 0 fully saturated rings. The summed E-state index contributed by atoms with van der Waals surface area (Å²) >= 11 is 0. The van der Waals surface area contributed by atoms with Crippen molar-refractivity contribution in [2.24, 2.45) is 0 Å². The van der Waals surface area contributed by atoms with E-state index in [0.29, 0.717) is 12.3 Å². The van der Waals surface area contributed by atoms with Gasteiger partial charge in [0.15, 0.2) is 0 Å². The van der Waals surface area contributed by atoms with Crippen molar-refractivity contribution >= 4 is 17.6 Å². The Labute approximate surface area is 140 Å². The number of nitrogens with zero attached hydrogens (tertiary/aromatic N) is 1. The van der Waals surface area contributed by atoms with Gasteiger partial charge in [-0.15, -0.1) is 0 Å². The lowest BCUT2D eigenvalue weighted by Crippen LogP contribution is -2.37. The number of hydrogen-bond donors (Lipinski definition) is 1. The number of fused-ring (bicyclic) bond motifs is 1. The van der Waals surface area contributed by atoms with E-state index in [9.17, 15) is 9.59 Å². The molecule has 2 aromatic carbocycles. The van der Waals surface area contributed by atoms with Crippen LogP contribution in [0.15, 0.2) is 54.6 Å². The molecular formula is C19H19NO4. The van der Waals surface area contributed by atoms with Gasteiger partial charge in [-0.25, -0.2) is 0 Å². The fraction of sp³-hybridized carbons (Fsp3) is 0.263. The van der Waals surface area contributed by atoms with Crippen molar-refractivity contribution in [3.8, 4) is 0 Å². The Bertz CT molecular complexity index is 729. The van der Waals surface area contributed by atoms with Crippen LogP contribution >= 0.6 is 0 Å². The van der Waals surface area contributed by atoms with Gasteiger partial charge in [0.05, 0.1) is 19.1 Å². The number of para-hydroxylation sites is 1. The molecule has 1 aliphatic rings. The van der Waals surface area contributed by atoms with Crippen LogP contribution in [0.4, 0.5) is 5.69 Å². The van der Waals surface area contributed by atoms with E-state index in [0.717, 1.165) is 12.0 Å². The molecule has 124 valence electrons. The number of anilines is 1.